The molecule has 0 saturated carbocycles. The Morgan fingerprint density at radius 3 is 3.45 bits per heavy atom. The third-order valence-electron chi connectivity index (χ3n) is 2.36. The molecule has 0 saturated heterocycles. The van der Waals surface area contributed by atoms with Gasteiger partial charge >= 0.3 is 0 Å². The first-order chi connectivity index (χ1) is 5.47. The molecule has 0 radical (unpaired) electrons. The van der Waals surface area contributed by atoms with Crippen molar-refractivity contribution in [3.63, 3.8) is 0 Å². The lowest BCUT2D eigenvalue weighted by atomic mass is 10.1. The molecule has 0 spiro atoms. The lowest BCUT2D eigenvalue weighted by Gasteiger charge is -2.29. The Kier molecular flexibility index (Phi) is 1.93. The number of hydrogen-bond acceptors (Lipinski definition) is 2. The van der Waals surface area contributed by atoms with Crippen molar-refractivity contribution in [2.45, 2.75) is 25.3 Å². The average Bonchev–Trinajstić information content (AvgIpc) is 2.28. The van der Waals surface area contributed by atoms with Gasteiger partial charge in [0.1, 0.15) is 0 Å². The van der Waals surface area contributed by atoms with Crippen LogP contribution in [0, 0.1) is 0 Å². The Labute approximate surface area is 67.6 Å². The fourth-order valence-corrected chi connectivity index (χ4v) is 1.70. The van der Waals surface area contributed by atoms with Gasteiger partial charge < -0.3 is 4.90 Å². The van der Waals surface area contributed by atoms with Gasteiger partial charge in [-0.25, -0.2) is 0 Å². The van der Waals surface area contributed by atoms with E-state index in [2.05, 4.69) is 28.4 Å². The van der Waals surface area contributed by atoms with E-state index in [0.717, 1.165) is 13.1 Å². The van der Waals surface area contributed by atoms with Crippen LogP contribution in [0.3, 0.4) is 0 Å². The number of aliphatic imine (C=N–C) groups is 1. The Morgan fingerprint density at radius 2 is 2.45 bits per heavy atom. The largest absolute Gasteiger partial charge is 0.368 e. The van der Waals surface area contributed by atoms with Crippen LogP contribution in [-0.2, 0) is 0 Å². The van der Waals surface area contributed by atoms with E-state index in [9.17, 15) is 0 Å². The fourth-order valence-electron chi connectivity index (χ4n) is 1.70. The van der Waals surface area contributed by atoms with E-state index >= 15 is 0 Å². The molecule has 1 atom stereocenters. The number of fused-ring (bicyclic) bond motifs is 1. The molecule has 2 aliphatic rings. The van der Waals surface area contributed by atoms with Gasteiger partial charge in [-0.05, 0) is 25.5 Å². The summed E-state index contributed by atoms with van der Waals surface area (Å²) in [5.74, 6) is 0. The van der Waals surface area contributed by atoms with E-state index in [1.807, 2.05) is 0 Å². The molecular formula is C9H14N2. The smallest absolute Gasteiger partial charge is 0.0635 e. The second-order valence-electron chi connectivity index (χ2n) is 3.18. The number of hydrogen-bond donors (Lipinski definition) is 0. The van der Waals surface area contributed by atoms with Crippen LogP contribution in [0.5, 0.6) is 0 Å². The van der Waals surface area contributed by atoms with E-state index in [-0.39, 0.29) is 0 Å². The summed E-state index contributed by atoms with van der Waals surface area (Å²) in [7, 11) is 0. The SMILES string of the molecule is C1=CN2CCN=CC2CCC1. The predicted molar refractivity (Wildman–Crippen MR) is 46.8 cm³/mol. The molecule has 2 aliphatic heterocycles. The highest BCUT2D eigenvalue weighted by Gasteiger charge is 2.16. The van der Waals surface area contributed by atoms with Gasteiger partial charge in [0.05, 0.1) is 12.6 Å². The molecule has 0 amide bonds. The van der Waals surface area contributed by atoms with Gasteiger partial charge in [0.25, 0.3) is 0 Å². The van der Waals surface area contributed by atoms with Crippen LogP contribution in [0.1, 0.15) is 19.3 Å². The van der Waals surface area contributed by atoms with Crippen LogP contribution in [0.25, 0.3) is 0 Å². The summed E-state index contributed by atoms with van der Waals surface area (Å²) in [6.07, 6.45) is 10.4. The van der Waals surface area contributed by atoms with Gasteiger partial charge in [-0.2, -0.15) is 0 Å². The van der Waals surface area contributed by atoms with Crippen LogP contribution >= 0.6 is 0 Å². The van der Waals surface area contributed by atoms with E-state index in [0.29, 0.717) is 6.04 Å². The minimum atomic E-state index is 0.600. The lowest BCUT2D eigenvalue weighted by molar-refractivity contribution is 0.326. The third kappa shape index (κ3) is 1.44. The van der Waals surface area contributed by atoms with Gasteiger partial charge in [-0.1, -0.05) is 6.08 Å². The van der Waals surface area contributed by atoms with E-state index in [1.54, 1.807) is 0 Å². The molecule has 60 valence electrons. The molecule has 0 bridgehead atoms. The maximum absolute atomic E-state index is 4.30. The zero-order valence-corrected chi connectivity index (χ0v) is 6.74. The van der Waals surface area contributed by atoms with E-state index in [1.165, 1.54) is 19.3 Å². The maximum Gasteiger partial charge on any atom is 0.0635 e. The monoisotopic (exact) mass is 150 g/mol. The highest BCUT2D eigenvalue weighted by atomic mass is 15.2. The van der Waals surface area contributed by atoms with Crippen molar-refractivity contribution in [1.29, 1.82) is 0 Å². The second-order valence-corrected chi connectivity index (χ2v) is 3.18. The van der Waals surface area contributed by atoms with Gasteiger partial charge in [0.15, 0.2) is 0 Å². The van der Waals surface area contributed by atoms with Crippen molar-refractivity contribution in [3.05, 3.63) is 12.3 Å². The number of nitrogens with zero attached hydrogens (tertiary/aromatic N) is 2. The summed E-state index contributed by atoms with van der Waals surface area (Å²) in [6, 6.07) is 0.600. The van der Waals surface area contributed by atoms with E-state index in [4.69, 9.17) is 0 Å². The Bertz CT molecular complexity index is 184. The van der Waals surface area contributed by atoms with Crippen molar-refractivity contribution >= 4 is 6.21 Å². The summed E-state index contributed by atoms with van der Waals surface area (Å²) in [6.45, 7) is 2.08. The summed E-state index contributed by atoms with van der Waals surface area (Å²) in [4.78, 5) is 6.71. The topological polar surface area (TPSA) is 15.6 Å². The van der Waals surface area contributed by atoms with Crippen molar-refractivity contribution < 1.29 is 0 Å². The summed E-state index contributed by atoms with van der Waals surface area (Å²) in [5.41, 5.74) is 0. The highest BCUT2D eigenvalue weighted by molar-refractivity contribution is 5.65. The molecule has 2 heterocycles. The maximum atomic E-state index is 4.30. The Hall–Kier alpha value is -0.790. The summed E-state index contributed by atoms with van der Waals surface area (Å²) < 4.78 is 0. The molecule has 1 unspecified atom stereocenters. The number of rotatable bonds is 0. The highest BCUT2D eigenvalue weighted by Crippen LogP contribution is 2.15. The Balaban J connectivity index is 2.11. The zero-order chi connectivity index (χ0) is 7.52. The molecule has 2 rings (SSSR count). The minimum Gasteiger partial charge on any atom is -0.368 e. The average molecular weight is 150 g/mol. The first-order valence-electron chi connectivity index (χ1n) is 4.39. The minimum absolute atomic E-state index is 0.600. The summed E-state index contributed by atoms with van der Waals surface area (Å²) in [5, 5.41) is 0. The molecule has 2 nitrogen and oxygen atoms in total. The second kappa shape index (κ2) is 3.07. The van der Waals surface area contributed by atoms with Gasteiger partial charge in [-0.15, -0.1) is 0 Å². The molecule has 0 aromatic heterocycles. The molecule has 2 heteroatoms. The van der Waals surface area contributed by atoms with Crippen LogP contribution in [0.2, 0.25) is 0 Å². The van der Waals surface area contributed by atoms with Crippen LogP contribution in [0.15, 0.2) is 17.3 Å². The zero-order valence-electron chi connectivity index (χ0n) is 6.74. The standard InChI is InChI=1S/C9H14N2/c1-2-4-9-8-10-5-7-11(9)6-3-1/h3,6,8-9H,1-2,4-5,7H2. The first kappa shape index (κ1) is 6.89. The third-order valence-corrected chi connectivity index (χ3v) is 2.36. The van der Waals surface area contributed by atoms with Gasteiger partial charge in [0.2, 0.25) is 0 Å². The van der Waals surface area contributed by atoms with Gasteiger partial charge in [0, 0.05) is 12.8 Å². The van der Waals surface area contributed by atoms with Crippen LogP contribution < -0.4 is 0 Å². The van der Waals surface area contributed by atoms with Gasteiger partial charge in [-0.3, -0.25) is 4.99 Å². The van der Waals surface area contributed by atoms with Crippen molar-refractivity contribution in [2.75, 3.05) is 13.1 Å². The summed E-state index contributed by atoms with van der Waals surface area (Å²) >= 11 is 0. The van der Waals surface area contributed by atoms with Crippen LogP contribution in [-0.4, -0.2) is 30.2 Å². The van der Waals surface area contributed by atoms with Crippen molar-refractivity contribution in [3.8, 4) is 0 Å². The fraction of sp³-hybridized carbons (Fsp3) is 0.667. The molecule has 0 N–H and O–H groups in total. The molecule has 0 aromatic carbocycles. The first-order valence-corrected chi connectivity index (χ1v) is 4.39. The molecule has 11 heavy (non-hydrogen) atoms. The molecule has 0 aromatic rings. The number of allylic oxidation sites excluding steroid dienone is 1. The van der Waals surface area contributed by atoms with E-state index < -0.39 is 0 Å². The Morgan fingerprint density at radius 1 is 1.45 bits per heavy atom. The van der Waals surface area contributed by atoms with Crippen molar-refractivity contribution in [1.82, 2.24) is 4.90 Å². The molecular weight excluding hydrogens is 136 g/mol. The normalized spacial score (nSPS) is 29.8. The predicted octanol–water partition coefficient (Wildman–Crippen LogP) is 1.44. The lowest BCUT2D eigenvalue weighted by Crippen LogP contribution is -2.36. The molecule has 0 fully saturated rings. The van der Waals surface area contributed by atoms with Crippen LogP contribution in [0.4, 0.5) is 0 Å². The molecule has 0 aliphatic carbocycles. The quantitative estimate of drug-likeness (QED) is 0.510. The van der Waals surface area contributed by atoms with Crippen molar-refractivity contribution in [2.24, 2.45) is 4.99 Å².